The van der Waals surface area contributed by atoms with Crippen molar-refractivity contribution in [2.45, 2.75) is 108 Å². The number of anilines is 2. The second-order valence-corrected chi connectivity index (χ2v) is 20.4. The summed E-state index contributed by atoms with van der Waals surface area (Å²) in [5.74, 6) is 1.44. The normalized spacial score (nSPS) is 15.6. The monoisotopic (exact) mass is 1140 g/mol. The number of carbonyl (C=O) groups excluding carboxylic acids is 2. The number of unbranched alkanes of at least 4 members (excludes halogenated alkanes) is 4. The zero-order valence-corrected chi connectivity index (χ0v) is 48.7. The van der Waals surface area contributed by atoms with Gasteiger partial charge in [-0.3, -0.25) is 19.0 Å². The van der Waals surface area contributed by atoms with Crippen molar-refractivity contribution in [1.82, 2.24) is 8.61 Å². The predicted molar refractivity (Wildman–Crippen MR) is 287 cm³/mol. The molecule has 0 radical (unpaired) electrons. The number of hydrogen-bond donors (Lipinski definition) is 2. The number of nitrogens with one attached hydrogen (secondary N) is 2. The largest absolute Gasteiger partial charge is 2.00 e. The Hall–Kier alpha value is -4.51. The van der Waals surface area contributed by atoms with Gasteiger partial charge in [-0.15, -0.1) is 0 Å². The summed E-state index contributed by atoms with van der Waals surface area (Å²) in [4.78, 5) is 25.0. The quantitative estimate of drug-likeness (QED) is 0.0367. The van der Waals surface area contributed by atoms with E-state index in [1.165, 1.54) is 109 Å². The molecule has 6 rings (SSSR count). The van der Waals surface area contributed by atoms with Crippen molar-refractivity contribution in [3.05, 3.63) is 103 Å². The minimum Gasteiger partial charge on any atom is -1.00 e. The number of methoxy groups -OCH3 is 7. The zero-order chi connectivity index (χ0) is 52.5. The van der Waals surface area contributed by atoms with Crippen LogP contribution in [0, 0.1) is 6.92 Å². The number of ketones is 1. The van der Waals surface area contributed by atoms with Gasteiger partial charge < -0.3 is 57.1 Å². The van der Waals surface area contributed by atoms with E-state index in [1.54, 1.807) is 0 Å². The van der Waals surface area contributed by atoms with Crippen LogP contribution in [0.2, 0.25) is 0 Å². The van der Waals surface area contributed by atoms with E-state index in [1.807, 2.05) is 18.2 Å². The van der Waals surface area contributed by atoms with Gasteiger partial charge >= 0.3 is 49.4 Å². The molecular formula is C53H75BrMgN4O13S2. The fourth-order valence-electron chi connectivity index (χ4n) is 8.54. The maximum atomic E-state index is 13.3. The van der Waals surface area contributed by atoms with Gasteiger partial charge in [-0.1, -0.05) is 86.3 Å². The van der Waals surface area contributed by atoms with E-state index in [4.69, 9.17) is 33.2 Å². The molecule has 2 saturated heterocycles. The standard InChI is InChI=1S/C26H36N2O6S.C16H24N2O7S.C11H15.BrH.Mg/c1-32-24-18-21(19-25(33-2)26(24)34-3)27-35(30,31)28-17-11-10-15-22(28)23(29)16-9-5-8-14-20-12-6-4-7-13-20;1-22-13-9-11(10-14(23-2)15(13)24-3)17-26(20,21)18-8-6-5-7-12(18)16(19)25-4;1-2-3-5-8-11-9-6-4-7-10-11;;/h4,6-7,12-13,18-19,22,27H,5,8-11,14-17H2,1-3H3;9-10,12,17H,5-8H2,1-4H3;4,6-7,9-10H,1-3,5,8H2;1H;/q;;-1;;+2/p-1/t22-;12-;;;/m00.../s1. The Bertz CT molecular complexity index is 2460. The van der Waals surface area contributed by atoms with E-state index in [9.17, 15) is 26.4 Å². The fourth-order valence-corrected chi connectivity index (χ4v) is 11.4. The van der Waals surface area contributed by atoms with Crippen molar-refractivity contribution in [3.63, 3.8) is 0 Å². The van der Waals surface area contributed by atoms with E-state index in [0.29, 0.717) is 66.7 Å². The number of ether oxygens (including phenoxy) is 7. The van der Waals surface area contributed by atoms with Gasteiger partial charge in [0.05, 0.1) is 67.2 Å². The first-order valence-corrected chi connectivity index (χ1v) is 27.2. The van der Waals surface area contributed by atoms with Gasteiger partial charge in [0.25, 0.3) is 0 Å². The number of rotatable bonds is 24. The number of carbonyl (C=O) groups is 2. The summed E-state index contributed by atoms with van der Waals surface area (Å²) < 4.78 is 96.2. The molecule has 17 nitrogen and oxygen atoms in total. The second kappa shape index (κ2) is 34.2. The topological polar surface area (TPSA) is 198 Å². The first-order chi connectivity index (χ1) is 34.7. The van der Waals surface area contributed by atoms with Crippen LogP contribution >= 0.6 is 0 Å². The number of aryl methyl sites for hydroxylation is 2. The van der Waals surface area contributed by atoms with Crippen LogP contribution in [-0.2, 0) is 47.6 Å². The maximum Gasteiger partial charge on any atom is 2.00 e. The molecule has 2 aliphatic rings. The molecule has 2 fully saturated rings. The molecule has 0 aliphatic carbocycles. The summed E-state index contributed by atoms with van der Waals surface area (Å²) in [7, 11) is 2.05. The van der Waals surface area contributed by atoms with Gasteiger partial charge in [-0.25, -0.2) is 0 Å². The van der Waals surface area contributed by atoms with Gasteiger partial charge in [0, 0.05) is 43.8 Å². The third kappa shape index (κ3) is 19.9. The molecule has 2 aliphatic heterocycles. The molecule has 2 heterocycles. The van der Waals surface area contributed by atoms with Crippen LogP contribution in [0.15, 0.2) is 84.9 Å². The van der Waals surface area contributed by atoms with Gasteiger partial charge in [0.2, 0.25) is 11.5 Å². The fraction of sp³-hybridized carbons (Fsp3) is 0.491. The van der Waals surface area contributed by atoms with Crippen LogP contribution in [0.5, 0.6) is 34.5 Å². The summed E-state index contributed by atoms with van der Waals surface area (Å²) in [6.45, 7) is 4.36. The van der Waals surface area contributed by atoms with Gasteiger partial charge in [0.1, 0.15) is 6.04 Å². The molecule has 406 valence electrons. The number of esters is 1. The molecule has 21 heteroatoms. The first-order valence-electron chi connectivity index (χ1n) is 24.4. The van der Waals surface area contributed by atoms with Crippen molar-refractivity contribution in [3.8, 4) is 34.5 Å². The Morgan fingerprint density at radius 1 is 0.554 bits per heavy atom. The van der Waals surface area contributed by atoms with E-state index < -0.39 is 38.5 Å². The van der Waals surface area contributed by atoms with Crippen LogP contribution in [-0.4, -0.2) is 135 Å². The SMILES string of the molecule is COC(=O)[C@@H]1CCCCN1S(=O)(=O)Nc1cc(OC)c(OC)c(OC)c1.COc1cc(NS(=O)(=O)N2CCCC[C@H]2C(=O)CCCCCc2ccccc2)cc(OC)c1OC.[Br-].[CH2-]CCCCc1ccccc1.[Mg+2]. The first kappa shape index (κ1) is 65.6. The molecular weight excluding hydrogens is 1070 g/mol. The average Bonchev–Trinajstić information content (AvgIpc) is 3.40. The smallest absolute Gasteiger partial charge is 1.00 e. The minimum absolute atomic E-state index is 0. The summed E-state index contributed by atoms with van der Waals surface area (Å²) in [5.41, 5.74) is 3.24. The summed E-state index contributed by atoms with van der Waals surface area (Å²) >= 11 is 0. The third-order valence-electron chi connectivity index (χ3n) is 12.2. The number of piperidine rings is 2. The average molecular weight is 1140 g/mol. The molecule has 74 heavy (non-hydrogen) atoms. The molecule has 0 bridgehead atoms. The number of benzene rings is 4. The van der Waals surface area contributed by atoms with E-state index in [2.05, 4.69) is 58.8 Å². The van der Waals surface area contributed by atoms with Crippen molar-refractivity contribution in [2.75, 3.05) is 72.3 Å². The number of hydrogen-bond acceptors (Lipinski definition) is 13. The van der Waals surface area contributed by atoms with E-state index >= 15 is 0 Å². The zero-order valence-electron chi connectivity index (χ0n) is 44.1. The van der Waals surface area contributed by atoms with Gasteiger partial charge in [0.15, 0.2) is 28.8 Å². The van der Waals surface area contributed by atoms with Gasteiger partial charge in [-0.05, 0) is 68.9 Å². The summed E-state index contributed by atoms with van der Waals surface area (Å²) in [5, 5.41) is 0. The maximum absolute atomic E-state index is 13.3. The molecule has 2 N–H and O–H groups in total. The minimum atomic E-state index is -3.98. The van der Waals surface area contributed by atoms with Crippen LogP contribution in [0.3, 0.4) is 0 Å². The Morgan fingerprint density at radius 2 is 0.946 bits per heavy atom. The molecule has 4 aromatic rings. The predicted octanol–water partition coefficient (Wildman–Crippen LogP) is 5.85. The van der Waals surface area contributed by atoms with Crippen molar-refractivity contribution in [2.24, 2.45) is 0 Å². The number of Topliss-reactive ketones (excluding diaryl/α,β-unsaturated/α-hetero) is 1. The number of halogens is 1. The molecule has 0 aromatic heterocycles. The second-order valence-electron chi connectivity index (χ2n) is 17.1. The molecule has 0 saturated carbocycles. The molecule has 2 atom stereocenters. The Balaban J connectivity index is 0.000000421. The Labute approximate surface area is 466 Å². The third-order valence-corrected chi connectivity index (χ3v) is 15.3. The Kier molecular flexibility index (Phi) is 30.3. The van der Waals surface area contributed by atoms with Crippen molar-refractivity contribution in [1.29, 1.82) is 0 Å². The molecule has 0 amide bonds. The summed E-state index contributed by atoms with van der Waals surface area (Å²) in [6, 6.07) is 25.5. The molecule has 0 spiro atoms. The van der Waals surface area contributed by atoms with E-state index in [0.717, 1.165) is 55.7 Å². The van der Waals surface area contributed by atoms with E-state index in [-0.39, 0.29) is 63.7 Å². The molecule has 4 aromatic carbocycles. The van der Waals surface area contributed by atoms with Crippen LogP contribution in [0.1, 0.15) is 94.6 Å². The van der Waals surface area contributed by atoms with Crippen molar-refractivity contribution < 1.29 is 76.6 Å². The van der Waals surface area contributed by atoms with Crippen molar-refractivity contribution >= 4 is 66.6 Å². The van der Waals surface area contributed by atoms with Crippen LogP contribution < -0.4 is 54.8 Å². The Morgan fingerprint density at radius 3 is 1.32 bits per heavy atom. The van der Waals surface area contributed by atoms with Crippen LogP contribution in [0.25, 0.3) is 0 Å². The number of nitrogens with zero attached hydrogens (tertiary/aromatic N) is 2. The molecule has 0 unspecified atom stereocenters. The van der Waals surface area contributed by atoms with Crippen LogP contribution in [0.4, 0.5) is 11.4 Å². The van der Waals surface area contributed by atoms with Gasteiger partial charge in [-0.2, -0.15) is 31.9 Å². The summed E-state index contributed by atoms with van der Waals surface area (Å²) in [6.07, 6.45) is 12.8.